The van der Waals surface area contributed by atoms with E-state index in [-0.39, 0.29) is 6.61 Å². The Bertz CT molecular complexity index is 566. The molecule has 1 rings (SSSR count). The highest BCUT2D eigenvalue weighted by atomic mass is 28.3. The third kappa shape index (κ3) is 7.53. The molecule has 0 fully saturated rings. The lowest BCUT2D eigenvalue weighted by Gasteiger charge is -2.25. The van der Waals surface area contributed by atoms with E-state index < -0.39 is 14.0 Å². The van der Waals surface area contributed by atoms with Gasteiger partial charge in [0.15, 0.2) is 0 Å². The molecule has 0 saturated carbocycles. The maximum atomic E-state index is 12.1. The summed E-state index contributed by atoms with van der Waals surface area (Å²) in [6.45, 7) is 14.3. The van der Waals surface area contributed by atoms with Gasteiger partial charge in [-0.2, -0.15) is 4.89 Å². The molecule has 158 valence electrons. The number of rotatable bonds is 15. The van der Waals surface area contributed by atoms with E-state index in [1.165, 1.54) is 24.4 Å². The maximum Gasteiger partial charge on any atom is 0.373 e. The van der Waals surface area contributed by atoms with Crippen LogP contribution in [0.3, 0.4) is 0 Å². The summed E-state index contributed by atoms with van der Waals surface area (Å²) in [5.74, 6) is 0.123. The standard InChI is InChI=1S/C23H38O4Si/c1-6-11-12-20(7-2)19-25-17-18-26-27-23(24)21-13-15-22(16-14-21)28(8-3,9-4)10-5/h8,13-16,20H,3,6-7,9-12,17-19H2,1-2,4-5H3. The monoisotopic (exact) mass is 406 g/mol. The fourth-order valence-corrected chi connectivity index (χ4v) is 6.35. The minimum Gasteiger partial charge on any atom is -0.379 e. The Morgan fingerprint density at radius 3 is 2.32 bits per heavy atom. The molecule has 0 bridgehead atoms. The molecule has 0 aliphatic rings. The molecule has 0 saturated heterocycles. The summed E-state index contributed by atoms with van der Waals surface area (Å²) in [5.41, 5.74) is 2.63. The molecule has 1 atom stereocenters. The van der Waals surface area contributed by atoms with Gasteiger partial charge in [-0.1, -0.05) is 82.1 Å². The Labute approximate surface area is 172 Å². The first-order valence-electron chi connectivity index (χ1n) is 10.7. The van der Waals surface area contributed by atoms with Crippen molar-refractivity contribution >= 4 is 19.2 Å². The maximum absolute atomic E-state index is 12.1. The normalized spacial score (nSPS) is 12.6. The average molecular weight is 407 g/mol. The number of carbonyl (C=O) groups excluding carboxylic acids is 1. The smallest absolute Gasteiger partial charge is 0.373 e. The number of unbranched alkanes of at least 4 members (excludes halogenated alkanes) is 1. The summed E-state index contributed by atoms with van der Waals surface area (Å²) in [6, 6.07) is 9.90. The third-order valence-corrected chi connectivity index (χ3v) is 10.5. The molecule has 1 aromatic carbocycles. The predicted molar refractivity (Wildman–Crippen MR) is 118 cm³/mol. The summed E-state index contributed by atoms with van der Waals surface area (Å²) in [4.78, 5) is 22.1. The first kappa shape index (κ1) is 24.6. The van der Waals surface area contributed by atoms with Crippen LogP contribution in [0.15, 0.2) is 36.5 Å². The molecule has 0 heterocycles. The van der Waals surface area contributed by atoms with Crippen LogP contribution in [0.5, 0.6) is 0 Å². The van der Waals surface area contributed by atoms with Crippen LogP contribution in [-0.2, 0) is 14.5 Å². The average Bonchev–Trinajstić information content (AvgIpc) is 2.74. The van der Waals surface area contributed by atoms with Crippen molar-refractivity contribution in [3.8, 4) is 0 Å². The molecule has 0 aromatic heterocycles. The fraction of sp³-hybridized carbons (Fsp3) is 0.609. The Hall–Kier alpha value is -1.43. The predicted octanol–water partition coefficient (Wildman–Crippen LogP) is 5.43. The van der Waals surface area contributed by atoms with Crippen LogP contribution >= 0.6 is 0 Å². The molecule has 0 spiro atoms. The molecular weight excluding hydrogens is 368 g/mol. The molecule has 0 amide bonds. The van der Waals surface area contributed by atoms with Gasteiger partial charge in [-0.05, 0) is 24.5 Å². The molecule has 1 aromatic rings. The molecule has 0 aliphatic heterocycles. The van der Waals surface area contributed by atoms with Gasteiger partial charge in [0.2, 0.25) is 0 Å². The summed E-state index contributed by atoms with van der Waals surface area (Å²) >= 11 is 0. The van der Waals surface area contributed by atoms with Crippen LogP contribution < -0.4 is 5.19 Å². The third-order valence-electron chi connectivity index (χ3n) is 5.69. The van der Waals surface area contributed by atoms with Gasteiger partial charge in [-0.3, -0.25) is 4.89 Å². The lowest BCUT2D eigenvalue weighted by atomic mass is 10.0. The summed E-state index contributed by atoms with van der Waals surface area (Å²) < 4.78 is 5.64. The number of hydrogen-bond acceptors (Lipinski definition) is 4. The van der Waals surface area contributed by atoms with Crippen LogP contribution in [-0.4, -0.2) is 33.9 Å². The zero-order valence-corrected chi connectivity index (χ0v) is 19.2. The molecule has 1 unspecified atom stereocenters. The van der Waals surface area contributed by atoms with Crippen molar-refractivity contribution in [3.05, 3.63) is 42.1 Å². The summed E-state index contributed by atoms with van der Waals surface area (Å²) in [6.07, 6.45) is 4.77. The minimum atomic E-state index is -1.65. The number of benzene rings is 1. The van der Waals surface area contributed by atoms with Crippen molar-refractivity contribution in [2.75, 3.05) is 19.8 Å². The van der Waals surface area contributed by atoms with Crippen molar-refractivity contribution in [1.82, 2.24) is 0 Å². The van der Waals surface area contributed by atoms with E-state index >= 15 is 0 Å². The number of carbonyl (C=O) groups is 1. The molecular formula is C23H38O4Si. The van der Waals surface area contributed by atoms with E-state index in [2.05, 4.69) is 40.0 Å². The zero-order chi connectivity index (χ0) is 20.8. The van der Waals surface area contributed by atoms with Gasteiger partial charge in [0, 0.05) is 6.61 Å². The Morgan fingerprint density at radius 1 is 1.11 bits per heavy atom. The van der Waals surface area contributed by atoms with E-state index in [4.69, 9.17) is 14.5 Å². The van der Waals surface area contributed by atoms with E-state index in [9.17, 15) is 4.79 Å². The van der Waals surface area contributed by atoms with Gasteiger partial charge in [-0.25, -0.2) is 4.79 Å². The minimum absolute atomic E-state index is 0.242. The molecule has 4 nitrogen and oxygen atoms in total. The number of ether oxygens (including phenoxy) is 1. The van der Waals surface area contributed by atoms with Crippen molar-refractivity contribution in [2.45, 2.75) is 65.5 Å². The van der Waals surface area contributed by atoms with E-state index in [1.54, 1.807) is 0 Å². The number of hydrogen-bond donors (Lipinski definition) is 0. The van der Waals surface area contributed by atoms with Crippen LogP contribution in [0.4, 0.5) is 0 Å². The topological polar surface area (TPSA) is 44.8 Å². The highest BCUT2D eigenvalue weighted by Crippen LogP contribution is 2.17. The lowest BCUT2D eigenvalue weighted by molar-refractivity contribution is -0.247. The Kier molecular flexibility index (Phi) is 12.0. The highest BCUT2D eigenvalue weighted by Gasteiger charge is 2.27. The van der Waals surface area contributed by atoms with Gasteiger partial charge >= 0.3 is 5.97 Å². The van der Waals surface area contributed by atoms with Crippen LogP contribution in [0, 0.1) is 5.92 Å². The molecule has 0 radical (unpaired) electrons. The van der Waals surface area contributed by atoms with Gasteiger partial charge < -0.3 is 4.74 Å². The Balaban J connectivity index is 2.37. The quantitative estimate of drug-likeness (QED) is 0.169. The molecule has 0 N–H and O–H groups in total. The molecule has 28 heavy (non-hydrogen) atoms. The second-order valence-electron chi connectivity index (χ2n) is 7.33. The first-order chi connectivity index (χ1) is 13.6. The molecule has 5 heteroatoms. The lowest BCUT2D eigenvalue weighted by Crippen LogP contribution is -2.44. The second-order valence-corrected chi connectivity index (χ2v) is 12.0. The van der Waals surface area contributed by atoms with Crippen LogP contribution in [0.2, 0.25) is 12.1 Å². The van der Waals surface area contributed by atoms with Crippen molar-refractivity contribution in [1.29, 1.82) is 0 Å². The zero-order valence-electron chi connectivity index (χ0n) is 18.2. The second kappa shape index (κ2) is 13.7. The molecule has 0 aliphatic carbocycles. The fourth-order valence-electron chi connectivity index (χ4n) is 3.39. The van der Waals surface area contributed by atoms with E-state index in [0.29, 0.717) is 18.1 Å². The SMILES string of the molecule is C=C[Si](CC)(CC)c1ccc(C(=O)OOCCOCC(CC)CCCC)cc1. The van der Waals surface area contributed by atoms with Gasteiger partial charge in [0.1, 0.15) is 14.7 Å². The Morgan fingerprint density at radius 2 is 1.79 bits per heavy atom. The first-order valence-corrected chi connectivity index (χ1v) is 13.2. The highest BCUT2D eigenvalue weighted by molar-refractivity contribution is 6.95. The largest absolute Gasteiger partial charge is 0.379 e. The van der Waals surface area contributed by atoms with E-state index in [1.807, 2.05) is 24.3 Å². The van der Waals surface area contributed by atoms with Crippen LogP contribution in [0.25, 0.3) is 0 Å². The summed E-state index contributed by atoms with van der Waals surface area (Å²) in [5, 5.41) is 1.30. The van der Waals surface area contributed by atoms with Gasteiger partial charge in [0.05, 0.1) is 12.2 Å². The van der Waals surface area contributed by atoms with Gasteiger partial charge in [-0.15, -0.1) is 6.58 Å². The van der Waals surface area contributed by atoms with Gasteiger partial charge in [0.25, 0.3) is 0 Å². The van der Waals surface area contributed by atoms with Crippen molar-refractivity contribution in [2.24, 2.45) is 5.92 Å². The van der Waals surface area contributed by atoms with E-state index in [0.717, 1.165) is 25.1 Å². The van der Waals surface area contributed by atoms with Crippen molar-refractivity contribution < 1.29 is 19.3 Å². The van der Waals surface area contributed by atoms with Crippen molar-refractivity contribution in [3.63, 3.8) is 0 Å². The van der Waals surface area contributed by atoms with Crippen LogP contribution in [0.1, 0.15) is 63.7 Å². The summed E-state index contributed by atoms with van der Waals surface area (Å²) in [7, 11) is -1.65.